The highest BCUT2D eigenvalue weighted by Crippen LogP contribution is 2.11. The largest absolute Gasteiger partial charge is 0.478 e. The summed E-state index contributed by atoms with van der Waals surface area (Å²) in [5.41, 5.74) is -0.440. The van der Waals surface area contributed by atoms with Crippen molar-refractivity contribution in [2.75, 3.05) is 6.54 Å². The molecule has 3 N–H and O–H groups in total. The van der Waals surface area contributed by atoms with Crippen LogP contribution < -0.4 is 4.72 Å². The van der Waals surface area contributed by atoms with Crippen LogP contribution in [0.5, 0.6) is 0 Å². The predicted octanol–water partition coefficient (Wildman–Crippen LogP) is -0.700. The summed E-state index contributed by atoms with van der Waals surface area (Å²) in [5.74, 6) is -1.39. The first kappa shape index (κ1) is 12.2. The Kier molecular flexibility index (Phi) is 3.60. The summed E-state index contributed by atoms with van der Waals surface area (Å²) >= 11 is 0. The molecule has 0 bridgehead atoms. The van der Waals surface area contributed by atoms with E-state index in [-0.39, 0.29) is 13.0 Å². The van der Waals surface area contributed by atoms with Crippen molar-refractivity contribution >= 4 is 16.0 Å². The summed E-state index contributed by atoms with van der Waals surface area (Å²) in [6.07, 6.45) is 0.900. The topological polar surface area (TPSA) is 136 Å². The Morgan fingerprint density at radius 2 is 2.38 bits per heavy atom. The van der Waals surface area contributed by atoms with Crippen LogP contribution in [0, 0.1) is 11.3 Å². The van der Waals surface area contributed by atoms with Crippen LogP contribution in [-0.2, 0) is 10.0 Å². The molecule has 0 fully saturated rings. The van der Waals surface area contributed by atoms with Gasteiger partial charge >= 0.3 is 5.97 Å². The molecule has 8 nitrogen and oxygen atoms in total. The standard InChI is InChI=1S/C7H8N4O4S/c8-2-1-3-10-16(14,15)6-5(7(12)13)4-9-11-6/h4,10H,1,3H2,(H,9,11)(H,12,13). The number of rotatable bonds is 5. The van der Waals surface area contributed by atoms with Crippen molar-refractivity contribution in [1.29, 1.82) is 5.26 Å². The van der Waals surface area contributed by atoms with Crippen molar-refractivity contribution in [3.63, 3.8) is 0 Å². The highest BCUT2D eigenvalue weighted by molar-refractivity contribution is 7.89. The highest BCUT2D eigenvalue weighted by Gasteiger charge is 2.24. The van der Waals surface area contributed by atoms with Gasteiger partial charge in [0.1, 0.15) is 5.56 Å². The van der Waals surface area contributed by atoms with Gasteiger partial charge in [0, 0.05) is 13.0 Å². The molecular weight excluding hydrogens is 236 g/mol. The van der Waals surface area contributed by atoms with Gasteiger partial charge in [0.15, 0.2) is 5.03 Å². The zero-order valence-electron chi connectivity index (χ0n) is 7.97. The molecule has 1 aromatic heterocycles. The lowest BCUT2D eigenvalue weighted by atomic mass is 10.4. The number of H-pyrrole nitrogens is 1. The van der Waals surface area contributed by atoms with E-state index in [1.165, 1.54) is 0 Å². The first-order valence-corrected chi connectivity index (χ1v) is 5.60. The Morgan fingerprint density at radius 1 is 1.69 bits per heavy atom. The maximum absolute atomic E-state index is 11.5. The summed E-state index contributed by atoms with van der Waals surface area (Å²) in [5, 5.41) is 21.8. The SMILES string of the molecule is N#CCCNS(=O)(=O)c1[nH]ncc1C(=O)O. The number of nitriles is 1. The van der Waals surface area contributed by atoms with Crippen molar-refractivity contribution in [2.45, 2.75) is 11.4 Å². The molecule has 0 saturated heterocycles. The van der Waals surface area contributed by atoms with Crippen molar-refractivity contribution in [3.05, 3.63) is 11.8 Å². The van der Waals surface area contributed by atoms with Crippen LogP contribution in [0.25, 0.3) is 0 Å². The summed E-state index contributed by atoms with van der Waals surface area (Å²) in [7, 11) is -3.96. The van der Waals surface area contributed by atoms with Gasteiger partial charge in [-0.15, -0.1) is 0 Å². The number of carboxylic acid groups (broad SMARTS) is 1. The van der Waals surface area contributed by atoms with Crippen LogP contribution in [-0.4, -0.2) is 36.2 Å². The summed E-state index contributed by atoms with van der Waals surface area (Å²) in [6.45, 7) is -0.0864. The monoisotopic (exact) mass is 244 g/mol. The van der Waals surface area contributed by atoms with E-state index in [0.717, 1.165) is 6.20 Å². The van der Waals surface area contributed by atoms with Gasteiger partial charge in [-0.05, 0) is 0 Å². The number of aromatic amines is 1. The zero-order chi connectivity index (χ0) is 12.2. The number of aromatic nitrogens is 2. The lowest BCUT2D eigenvalue weighted by Crippen LogP contribution is -2.26. The van der Waals surface area contributed by atoms with Crippen molar-refractivity contribution < 1.29 is 18.3 Å². The Balaban J connectivity index is 2.95. The molecule has 0 aromatic carbocycles. The molecule has 0 atom stereocenters. The second-order valence-corrected chi connectivity index (χ2v) is 4.43. The molecule has 0 radical (unpaired) electrons. The van der Waals surface area contributed by atoms with Crippen LogP contribution in [0.3, 0.4) is 0 Å². The van der Waals surface area contributed by atoms with Crippen LogP contribution >= 0.6 is 0 Å². The first-order chi connectivity index (χ1) is 7.49. The van der Waals surface area contributed by atoms with Gasteiger partial charge in [0.25, 0.3) is 10.0 Å². The van der Waals surface area contributed by atoms with Crippen LogP contribution in [0.1, 0.15) is 16.8 Å². The Hall–Kier alpha value is -1.92. The third-order valence-electron chi connectivity index (χ3n) is 1.63. The van der Waals surface area contributed by atoms with Crippen LogP contribution in [0.15, 0.2) is 11.2 Å². The average Bonchev–Trinajstić information content (AvgIpc) is 2.66. The summed E-state index contributed by atoms with van der Waals surface area (Å²) in [4.78, 5) is 10.7. The lowest BCUT2D eigenvalue weighted by molar-refractivity contribution is 0.0692. The van der Waals surface area contributed by atoms with Gasteiger partial charge in [-0.3, -0.25) is 5.10 Å². The number of hydrogen-bond donors (Lipinski definition) is 3. The van der Waals surface area contributed by atoms with E-state index < -0.39 is 26.6 Å². The molecule has 16 heavy (non-hydrogen) atoms. The van der Waals surface area contributed by atoms with Gasteiger partial charge in [0.2, 0.25) is 0 Å². The molecule has 9 heteroatoms. The van der Waals surface area contributed by atoms with Crippen molar-refractivity contribution in [1.82, 2.24) is 14.9 Å². The number of carbonyl (C=O) groups is 1. The number of carboxylic acids is 1. The number of nitrogens with zero attached hydrogens (tertiary/aromatic N) is 2. The Bertz CT molecular complexity index is 527. The number of aromatic carboxylic acids is 1. The fourth-order valence-electron chi connectivity index (χ4n) is 0.945. The second-order valence-electron chi connectivity index (χ2n) is 2.72. The van der Waals surface area contributed by atoms with Crippen molar-refractivity contribution in [3.8, 4) is 6.07 Å². The second kappa shape index (κ2) is 4.73. The van der Waals surface area contributed by atoms with E-state index >= 15 is 0 Å². The van der Waals surface area contributed by atoms with Gasteiger partial charge in [-0.2, -0.15) is 10.4 Å². The summed E-state index contributed by atoms with van der Waals surface area (Å²) in [6, 6.07) is 1.75. The van der Waals surface area contributed by atoms with E-state index in [1.54, 1.807) is 6.07 Å². The average molecular weight is 244 g/mol. The molecule has 1 heterocycles. The van der Waals surface area contributed by atoms with Gasteiger partial charge in [-0.25, -0.2) is 17.9 Å². The highest BCUT2D eigenvalue weighted by atomic mass is 32.2. The molecule has 1 rings (SSSR count). The number of sulfonamides is 1. The molecule has 86 valence electrons. The lowest BCUT2D eigenvalue weighted by Gasteiger charge is -2.02. The third kappa shape index (κ3) is 2.56. The molecular formula is C7H8N4O4S. The fourth-order valence-corrected chi connectivity index (χ4v) is 2.06. The van der Waals surface area contributed by atoms with Crippen LogP contribution in [0.4, 0.5) is 0 Å². The molecule has 0 aliphatic carbocycles. The van der Waals surface area contributed by atoms with E-state index in [0.29, 0.717) is 0 Å². The molecule has 0 spiro atoms. The zero-order valence-corrected chi connectivity index (χ0v) is 8.78. The van der Waals surface area contributed by atoms with E-state index in [9.17, 15) is 13.2 Å². The number of hydrogen-bond acceptors (Lipinski definition) is 5. The minimum atomic E-state index is -3.96. The number of nitrogens with one attached hydrogen (secondary N) is 2. The van der Waals surface area contributed by atoms with E-state index in [4.69, 9.17) is 10.4 Å². The van der Waals surface area contributed by atoms with Gasteiger partial charge < -0.3 is 5.11 Å². The normalized spacial score (nSPS) is 10.9. The molecule has 0 unspecified atom stereocenters. The minimum Gasteiger partial charge on any atom is -0.478 e. The summed E-state index contributed by atoms with van der Waals surface area (Å²) < 4.78 is 25.1. The smallest absolute Gasteiger partial charge is 0.340 e. The maximum Gasteiger partial charge on any atom is 0.340 e. The molecule has 0 saturated carbocycles. The van der Waals surface area contributed by atoms with E-state index in [2.05, 4.69) is 14.9 Å². The van der Waals surface area contributed by atoms with Gasteiger partial charge in [-0.1, -0.05) is 0 Å². The molecule has 0 aliphatic rings. The minimum absolute atomic E-state index is 0.00419. The van der Waals surface area contributed by atoms with Gasteiger partial charge in [0.05, 0.1) is 12.3 Å². The van der Waals surface area contributed by atoms with Crippen LogP contribution in [0.2, 0.25) is 0 Å². The first-order valence-electron chi connectivity index (χ1n) is 4.12. The Labute approximate surface area is 90.9 Å². The van der Waals surface area contributed by atoms with Crippen molar-refractivity contribution in [2.24, 2.45) is 0 Å². The predicted molar refractivity (Wildman–Crippen MR) is 51.0 cm³/mol. The maximum atomic E-state index is 11.5. The molecule has 0 aliphatic heterocycles. The van der Waals surface area contributed by atoms with E-state index in [1.807, 2.05) is 0 Å². The quantitative estimate of drug-likeness (QED) is 0.586. The Morgan fingerprint density at radius 3 is 2.94 bits per heavy atom. The third-order valence-corrected chi connectivity index (χ3v) is 3.07. The molecule has 0 amide bonds. The molecule has 1 aromatic rings. The fraction of sp³-hybridized carbons (Fsp3) is 0.286.